The van der Waals surface area contributed by atoms with E-state index in [1.54, 1.807) is 0 Å². The third kappa shape index (κ3) is 2.87. The van der Waals surface area contributed by atoms with Gasteiger partial charge in [-0.05, 0) is 19.8 Å². The van der Waals surface area contributed by atoms with Crippen LogP contribution in [-0.4, -0.2) is 47.3 Å². The quantitative estimate of drug-likeness (QED) is 0.620. The van der Waals surface area contributed by atoms with Crippen molar-refractivity contribution in [2.24, 2.45) is 5.73 Å². The lowest BCUT2D eigenvalue weighted by atomic mass is 10.5. The van der Waals surface area contributed by atoms with Crippen LogP contribution in [-0.2, 0) is 10.0 Å². The summed E-state index contributed by atoms with van der Waals surface area (Å²) in [5.41, 5.74) is 5.34. The van der Waals surface area contributed by atoms with Crippen LogP contribution in [0.25, 0.3) is 0 Å². The van der Waals surface area contributed by atoms with Crippen molar-refractivity contribution in [3.05, 3.63) is 0 Å². The molecule has 0 aliphatic heterocycles. The molecule has 1 unspecified atom stereocenters. The van der Waals surface area contributed by atoms with Crippen LogP contribution in [0.15, 0.2) is 0 Å². The van der Waals surface area contributed by atoms with E-state index < -0.39 is 15.3 Å². The summed E-state index contributed by atoms with van der Waals surface area (Å²) >= 11 is 4.69. The third-order valence-corrected chi connectivity index (χ3v) is 5.23. The van der Waals surface area contributed by atoms with Crippen LogP contribution in [0.1, 0.15) is 19.8 Å². The van der Waals surface area contributed by atoms with E-state index in [2.05, 4.69) is 12.2 Å². The lowest BCUT2D eigenvalue weighted by Gasteiger charge is -2.24. The topological polar surface area (TPSA) is 83.6 Å². The predicted octanol–water partition coefficient (Wildman–Crippen LogP) is -0.552. The van der Waals surface area contributed by atoms with Gasteiger partial charge < -0.3 is 10.8 Å². The SMILES string of the molecule is CC(C(N)=S)S(=O)(=O)N(CCO)C1CC1. The first kappa shape index (κ1) is 12.8. The highest BCUT2D eigenvalue weighted by atomic mass is 32.2. The fourth-order valence-electron chi connectivity index (χ4n) is 1.33. The first-order valence-corrected chi connectivity index (χ1v) is 6.73. The van der Waals surface area contributed by atoms with Gasteiger partial charge in [0.05, 0.1) is 11.6 Å². The molecule has 1 rings (SSSR count). The van der Waals surface area contributed by atoms with E-state index in [0.717, 1.165) is 12.8 Å². The Kier molecular flexibility index (Phi) is 4.05. The van der Waals surface area contributed by atoms with Gasteiger partial charge in [0, 0.05) is 12.6 Å². The zero-order chi connectivity index (χ0) is 11.6. The van der Waals surface area contributed by atoms with Crippen LogP contribution in [0.3, 0.4) is 0 Å². The van der Waals surface area contributed by atoms with Crippen molar-refractivity contribution in [2.45, 2.75) is 31.1 Å². The minimum Gasteiger partial charge on any atom is -0.395 e. The highest BCUT2D eigenvalue weighted by molar-refractivity contribution is 7.92. The van der Waals surface area contributed by atoms with E-state index in [0.29, 0.717) is 0 Å². The van der Waals surface area contributed by atoms with Crippen molar-refractivity contribution in [3.63, 3.8) is 0 Å². The Morgan fingerprint density at radius 3 is 2.53 bits per heavy atom. The van der Waals surface area contributed by atoms with E-state index >= 15 is 0 Å². The van der Waals surface area contributed by atoms with Crippen LogP contribution >= 0.6 is 12.2 Å². The number of hydrogen-bond donors (Lipinski definition) is 2. The summed E-state index contributed by atoms with van der Waals surface area (Å²) < 4.78 is 25.3. The Hall–Kier alpha value is -0.240. The monoisotopic (exact) mass is 252 g/mol. The maximum Gasteiger partial charge on any atom is 0.223 e. The standard InChI is InChI=1S/C8H16N2O3S2/c1-6(8(9)14)15(12,13)10(4-5-11)7-2-3-7/h6-7,11H,2-5H2,1H3,(H2,9,14). The first-order chi connectivity index (χ1) is 6.91. The molecule has 0 heterocycles. The summed E-state index contributed by atoms with van der Waals surface area (Å²) in [6.07, 6.45) is 1.70. The summed E-state index contributed by atoms with van der Waals surface area (Å²) in [4.78, 5) is -0.0291. The third-order valence-electron chi connectivity index (χ3n) is 2.45. The van der Waals surface area contributed by atoms with Crippen LogP contribution in [0.4, 0.5) is 0 Å². The molecule has 0 saturated heterocycles. The first-order valence-electron chi connectivity index (χ1n) is 4.82. The number of hydrogen-bond acceptors (Lipinski definition) is 4. The molecule has 1 saturated carbocycles. The zero-order valence-corrected chi connectivity index (χ0v) is 10.2. The van der Waals surface area contributed by atoms with Crippen LogP contribution < -0.4 is 5.73 Å². The molecule has 7 heteroatoms. The Morgan fingerprint density at radius 1 is 1.67 bits per heavy atom. The summed E-state index contributed by atoms with van der Waals surface area (Å²) in [5.74, 6) is 0. The average Bonchev–Trinajstić information content (AvgIpc) is 2.95. The lowest BCUT2D eigenvalue weighted by Crippen LogP contribution is -2.45. The minimum atomic E-state index is -3.49. The van der Waals surface area contributed by atoms with Crippen LogP contribution in [0.5, 0.6) is 0 Å². The molecule has 0 bridgehead atoms. The molecule has 5 nitrogen and oxygen atoms in total. The maximum absolute atomic E-state index is 12.0. The molecule has 1 fully saturated rings. The van der Waals surface area contributed by atoms with Gasteiger partial charge in [-0.3, -0.25) is 0 Å². The van der Waals surface area contributed by atoms with Crippen molar-refractivity contribution in [2.75, 3.05) is 13.2 Å². The Morgan fingerprint density at radius 2 is 2.20 bits per heavy atom. The van der Waals surface area contributed by atoms with Gasteiger partial charge in [0.15, 0.2) is 0 Å². The fourth-order valence-corrected chi connectivity index (χ4v) is 3.36. The Labute approximate surface area is 95.3 Å². The van der Waals surface area contributed by atoms with Gasteiger partial charge in [-0.15, -0.1) is 0 Å². The van der Waals surface area contributed by atoms with Crippen molar-refractivity contribution >= 4 is 27.2 Å². The zero-order valence-electron chi connectivity index (χ0n) is 8.59. The van der Waals surface area contributed by atoms with Gasteiger partial charge in [-0.2, -0.15) is 4.31 Å². The van der Waals surface area contributed by atoms with Crippen LogP contribution in [0.2, 0.25) is 0 Å². The summed E-state index contributed by atoms with van der Waals surface area (Å²) in [6.45, 7) is 1.42. The Bertz CT molecular complexity index is 338. The molecule has 1 atom stereocenters. The number of nitrogens with zero attached hydrogens (tertiary/aromatic N) is 1. The molecule has 0 aromatic rings. The molecule has 0 spiro atoms. The van der Waals surface area contributed by atoms with Crippen molar-refractivity contribution in [3.8, 4) is 0 Å². The van der Waals surface area contributed by atoms with Crippen molar-refractivity contribution in [1.29, 1.82) is 0 Å². The van der Waals surface area contributed by atoms with Crippen molar-refractivity contribution in [1.82, 2.24) is 4.31 Å². The van der Waals surface area contributed by atoms with E-state index in [1.807, 2.05) is 0 Å². The highest BCUT2D eigenvalue weighted by Gasteiger charge is 2.40. The number of aliphatic hydroxyl groups excluding tert-OH is 1. The minimum absolute atomic E-state index is 0.0268. The second kappa shape index (κ2) is 4.73. The number of nitrogens with two attached hydrogens (primary N) is 1. The summed E-state index contributed by atoms with van der Waals surface area (Å²) in [5, 5.41) is 7.97. The largest absolute Gasteiger partial charge is 0.395 e. The number of thiocarbonyl (C=S) groups is 1. The molecule has 3 N–H and O–H groups in total. The maximum atomic E-state index is 12.0. The van der Waals surface area contributed by atoms with Gasteiger partial charge in [-0.1, -0.05) is 12.2 Å². The van der Waals surface area contributed by atoms with E-state index in [9.17, 15) is 8.42 Å². The van der Waals surface area contributed by atoms with E-state index in [4.69, 9.17) is 10.8 Å². The lowest BCUT2D eigenvalue weighted by molar-refractivity contribution is 0.250. The van der Waals surface area contributed by atoms with E-state index in [-0.39, 0.29) is 24.2 Å². The number of sulfonamides is 1. The van der Waals surface area contributed by atoms with Gasteiger partial charge in [0.1, 0.15) is 5.25 Å². The van der Waals surface area contributed by atoms with Gasteiger partial charge >= 0.3 is 0 Å². The smallest absolute Gasteiger partial charge is 0.223 e. The molecule has 15 heavy (non-hydrogen) atoms. The average molecular weight is 252 g/mol. The molecule has 1 aliphatic rings. The molecule has 0 aromatic carbocycles. The highest BCUT2D eigenvalue weighted by Crippen LogP contribution is 2.30. The molecule has 0 radical (unpaired) electrons. The molecular weight excluding hydrogens is 236 g/mol. The predicted molar refractivity (Wildman–Crippen MR) is 62.0 cm³/mol. The molecule has 1 aliphatic carbocycles. The summed E-state index contributed by atoms with van der Waals surface area (Å²) in [6, 6.07) is 0.0268. The normalized spacial score (nSPS) is 19.1. The van der Waals surface area contributed by atoms with Gasteiger partial charge in [-0.25, -0.2) is 8.42 Å². The molecular formula is C8H16N2O3S2. The van der Waals surface area contributed by atoms with Crippen LogP contribution in [0, 0.1) is 0 Å². The van der Waals surface area contributed by atoms with Gasteiger partial charge in [0.2, 0.25) is 10.0 Å². The number of aliphatic hydroxyl groups is 1. The second-order valence-electron chi connectivity index (χ2n) is 3.66. The second-order valence-corrected chi connectivity index (χ2v) is 6.33. The summed E-state index contributed by atoms with van der Waals surface area (Å²) in [7, 11) is -3.49. The van der Waals surface area contributed by atoms with E-state index in [1.165, 1.54) is 11.2 Å². The van der Waals surface area contributed by atoms with Gasteiger partial charge in [0.25, 0.3) is 0 Å². The Balaban J connectivity index is 2.85. The fraction of sp³-hybridized carbons (Fsp3) is 0.875. The molecule has 88 valence electrons. The van der Waals surface area contributed by atoms with Crippen molar-refractivity contribution < 1.29 is 13.5 Å². The number of rotatable bonds is 6. The molecule has 0 aromatic heterocycles. The molecule has 0 amide bonds.